The van der Waals surface area contributed by atoms with Crippen LogP contribution in [0.5, 0.6) is 0 Å². The van der Waals surface area contributed by atoms with E-state index in [9.17, 15) is 9.59 Å². The summed E-state index contributed by atoms with van der Waals surface area (Å²) in [4.78, 5) is 46.2. The first-order valence-corrected chi connectivity index (χ1v) is 18.3. The molecular weight excluding hydrogens is 652 g/mol. The van der Waals surface area contributed by atoms with Gasteiger partial charge in [-0.3, -0.25) is 9.80 Å². The second kappa shape index (κ2) is 12.7. The topological polar surface area (TPSA) is 116 Å². The van der Waals surface area contributed by atoms with Gasteiger partial charge in [0, 0.05) is 13.1 Å². The summed E-state index contributed by atoms with van der Waals surface area (Å²) in [6.07, 6.45) is 2.95. The number of hydrogen-bond acceptors (Lipinski definition) is 6. The van der Waals surface area contributed by atoms with E-state index in [0.717, 1.165) is 92.4 Å². The first kappa shape index (κ1) is 33.7. The van der Waals surface area contributed by atoms with E-state index in [1.54, 1.807) is 9.80 Å². The first-order chi connectivity index (χ1) is 24.8. The van der Waals surface area contributed by atoms with E-state index in [1.165, 1.54) is 0 Å². The van der Waals surface area contributed by atoms with Gasteiger partial charge in [0.15, 0.2) is 0 Å². The number of carbonyl (C=O) groups excluding carboxylic acids is 2. The van der Waals surface area contributed by atoms with Crippen molar-refractivity contribution in [2.24, 2.45) is 0 Å². The Morgan fingerprint density at radius 1 is 0.596 bits per heavy atom. The fourth-order valence-corrected chi connectivity index (χ4v) is 7.51. The zero-order valence-corrected chi connectivity index (χ0v) is 30.7. The molecule has 268 valence electrons. The third kappa shape index (κ3) is 6.69. The molecule has 2 amide bonds. The zero-order valence-electron chi connectivity index (χ0n) is 30.7. The molecule has 0 radical (unpaired) electrons. The van der Waals surface area contributed by atoms with E-state index in [1.807, 2.05) is 41.5 Å². The summed E-state index contributed by atoms with van der Waals surface area (Å²) in [6.45, 7) is 12.7. The highest BCUT2D eigenvalue weighted by Gasteiger charge is 2.36. The Bertz CT molecular complexity index is 2160. The number of nitrogens with one attached hydrogen (secondary N) is 2. The van der Waals surface area contributed by atoms with Crippen molar-refractivity contribution in [1.29, 1.82) is 0 Å². The maximum atomic E-state index is 12.9. The number of aromatic nitrogens is 4. The highest BCUT2D eigenvalue weighted by atomic mass is 16.6. The normalized spacial score (nSPS) is 18.2. The molecule has 4 heterocycles. The van der Waals surface area contributed by atoms with Crippen molar-refractivity contribution in [2.45, 2.75) is 90.5 Å². The molecule has 2 aromatic heterocycles. The van der Waals surface area contributed by atoms with E-state index in [2.05, 4.69) is 82.8 Å². The number of amides is 2. The smallest absolute Gasteiger partial charge is 0.410 e. The van der Waals surface area contributed by atoms with Crippen molar-refractivity contribution in [2.75, 3.05) is 13.1 Å². The molecule has 52 heavy (non-hydrogen) atoms. The van der Waals surface area contributed by atoms with Crippen molar-refractivity contribution >= 4 is 45.0 Å². The van der Waals surface area contributed by atoms with Crippen LogP contribution in [0.3, 0.4) is 0 Å². The number of rotatable bonds is 4. The second-order valence-corrected chi connectivity index (χ2v) is 16.1. The fourth-order valence-electron chi connectivity index (χ4n) is 7.51. The molecule has 6 aromatic rings. The highest BCUT2D eigenvalue weighted by molar-refractivity contribution is 5.93. The number of ether oxygens (including phenoxy) is 2. The Hall–Kier alpha value is -5.38. The Labute approximate surface area is 303 Å². The first-order valence-electron chi connectivity index (χ1n) is 18.3. The molecule has 0 saturated carbocycles. The predicted molar refractivity (Wildman–Crippen MR) is 204 cm³/mol. The molecule has 0 unspecified atom stereocenters. The molecule has 4 aromatic carbocycles. The molecule has 10 nitrogen and oxygen atoms in total. The number of aromatic amines is 2. The summed E-state index contributed by atoms with van der Waals surface area (Å²) in [5.74, 6) is 1.60. The van der Waals surface area contributed by atoms with Crippen LogP contribution in [-0.2, 0) is 9.47 Å². The third-order valence-electron chi connectivity index (χ3n) is 9.90. The molecule has 0 spiro atoms. The van der Waals surface area contributed by atoms with E-state index in [4.69, 9.17) is 19.4 Å². The van der Waals surface area contributed by atoms with Gasteiger partial charge in [-0.05, 0) is 137 Å². The molecule has 2 saturated heterocycles. The maximum absolute atomic E-state index is 12.9. The number of H-pyrrole nitrogens is 2. The van der Waals surface area contributed by atoms with Crippen molar-refractivity contribution < 1.29 is 19.1 Å². The van der Waals surface area contributed by atoms with Crippen LogP contribution in [-0.4, -0.2) is 66.2 Å². The van der Waals surface area contributed by atoms with Gasteiger partial charge in [-0.1, -0.05) is 36.4 Å². The summed E-state index contributed by atoms with van der Waals surface area (Å²) >= 11 is 0. The molecule has 2 N–H and O–H groups in total. The molecule has 0 bridgehead atoms. The minimum Gasteiger partial charge on any atom is -0.444 e. The van der Waals surface area contributed by atoms with Gasteiger partial charge >= 0.3 is 12.2 Å². The Kier molecular flexibility index (Phi) is 8.23. The minimum absolute atomic E-state index is 0.127. The monoisotopic (exact) mass is 698 g/mol. The van der Waals surface area contributed by atoms with Gasteiger partial charge in [-0.25, -0.2) is 19.6 Å². The molecule has 2 aliphatic heterocycles. The van der Waals surface area contributed by atoms with Crippen molar-refractivity contribution in [3.63, 3.8) is 0 Å². The summed E-state index contributed by atoms with van der Waals surface area (Å²) in [6, 6.07) is 25.4. The van der Waals surface area contributed by atoms with Crippen LogP contribution >= 0.6 is 0 Å². The number of hydrogen-bond donors (Lipinski definition) is 2. The number of imidazole rings is 2. The largest absolute Gasteiger partial charge is 0.444 e. The third-order valence-corrected chi connectivity index (χ3v) is 9.90. The number of likely N-dealkylation sites (tertiary alicyclic amines) is 2. The van der Waals surface area contributed by atoms with Gasteiger partial charge < -0.3 is 19.4 Å². The number of benzene rings is 4. The van der Waals surface area contributed by atoms with Crippen LogP contribution in [0, 0.1) is 0 Å². The van der Waals surface area contributed by atoms with Gasteiger partial charge in [0.1, 0.15) is 22.9 Å². The van der Waals surface area contributed by atoms with Crippen LogP contribution in [0.4, 0.5) is 9.59 Å². The molecule has 2 aliphatic rings. The van der Waals surface area contributed by atoms with E-state index < -0.39 is 11.2 Å². The molecular formula is C42H46N6O4. The SMILES string of the molecule is CC(C)(C)OC(=O)N1CCC[C@H]1c1nc2cc(-c3ccc4cc(-c5ccc6[nH]c([C@@H]7CCCN7C(=O)OC(C)(C)C)nc6c5)ccc4c3)ccc2[nH]1. The quantitative estimate of drug-likeness (QED) is 0.189. The van der Waals surface area contributed by atoms with E-state index >= 15 is 0 Å². The lowest BCUT2D eigenvalue weighted by atomic mass is 9.97. The van der Waals surface area contributed by atoms with Gasteiger partial charge in [-0.2, -0.15) is 0 Å². The van der Waals surface area contributed by atoms with Gasteiger partial charge in [0.05, 0.1) is 34.2 Å². The average Bonchev–Trinajstić information content (AvgIpc) is 3.90. The lowest BCUT2D eigenvalue weighted by molar-refractivity contribution is 0.0208. The van der Waals surface area contributed by atoms with Crippen molar-refractivity contribution in [1.82, 2.24) is 29.7 Å². The number of carbonyl (C=O) groups is 2. The average molecular weight is 699 g/mol. The van der Waals surface area contributed by atoms with Gasteiger partial charge in [0.2, 0.25) is 0 Å². The van der Waals surface area contributed by atoms with Gasteiger partial charge in [-0.15, -0.1) is 0 Å². The van der Waals surface area contributed by atoms with Crippen molar-refractivity contribution in [3.8, 4) is 22.3 Å². The summed E-state index contributed by atoms with van der Waals surface area (Å²) < 4.78 is 11.4. The van der Waals surface area contributed by atoms with Crippen molar-refractivity contribution in [3.05, 3.63) is 84.4 Å². The standard InChI is InChI=1S/C42H46N6O4/c1-41(2,3)51-39(49)47-19-7-9-35(47)37-43-31-17-15-29(23-33(31)45-37)27-13-11-26-22-28(14-12-25(26)21-27)30-16-18-32-34(24-30)46-38(44-32)36-10-8-20-48(36)40(50)52-42(4,5)6/h11-18,21-24,35-36H,7-10,19-20H2,1-6H3,(H,43,45)(H,44,46)/t35-,36-/m0/s1. The molecule has 8 rings (SSSR count). The lowest BCUT2D eigenvalue weighted by Gasteiger charge is -2.27. The second-order valence-electron chi connectivity index (χ2n) is 16.1. The number of nitrogens with zero attached hydrogens (tertiary/aromatic N) is 4. The Balaban J connectivity index is 1.01. The Morgan fingerprint density at radius 3 is 1.38 bits per heavy atom. The summed E-state index contributed by atoms with van der Waals surface area (Å²) in [5.41, 5.74) is 6.95. The fraction of sp³-hybridized carbons (Fsp3) is 0.381. The van der Waals surface area contributed by atoms with Crippen LogP contribution in [0.1, 0.15) is 91.0 Å². The van der Waals surface area contributed by atoms with Crippen LogP contribution in [0.2, 0.25) is 0 Å². The Morgan fingerprint density at radius 2 is 0.981 bits per heavy atom. The number of fused-ring (bicyclic) bond motifs is 3. The summed E-state index contributed by atoms with van der Waals surface area (Å²) in [7, 11) is 0. The highest BCUT2D eigenvalue weighted by Crippen LogP contribution is 2.36. The zero-order chi connectivity index (χ0) is 36.4. The lowest BCUT2D eigenvalue weighted by Crippen LogP contribution is -2.36. The van der Waals surface area contributed by atoms with Crippen LogP contribution < -0.4 is 0 Å². The van der Waals surface area contributed by atoms with Crippen LogP contribution in [0.25, 0.3) is 55.1 Å². The summed E-state index contributed by atoms with van der Waals surface area (Å²) in [5, 5.41) is 2.30. The predicted octanol–water partition coefficient (Wildman–Crippen LogP) is 10.1. The molecule has 0 aliphatic carbocycles. The molecule has 2 fully saturated rings. The van der Waals surface area contributed by atoms with Gasteiger partial charge in [0.25, 0.3) is 0 Å². The van der Waals surface area contributed by atoms with Crippen LogP contribution in [0.15, 0.2) is 72.8 Å². The maximum Gasteiger partial charge on any atom is 0.410 e. The minimum atomic E-state index is -0.544. The molecule has 10 heteroatoms. The van der Waals surface area contributed by atoms with E-state index in [-0.39, 0.29) is 24.3 Å². The van der Waals surface area contributed by atoms with E-state index in [0.29, 0.717) is 13.1 Å². The molecule has 2 atom stereocenters.